The van der Waals surface area contributed by atoms with Gasteiger partial charge in [0.2, 0.25) is 11.5 Å². The highest BCUT2D eigenvalue weighted by Crippen LogP contribution is 2.41. The van der Waals surface area contributed by atoms with Crippen molar-refractivity contribution >= 4 is 40.6 Å². The molecule has 0 fully saturated rings. The van der Waals surface area contributed by atoms with Gasteiger partial charge in [-0.3, -0.25) is 4.79 Å². The molecule has 140 valence electrons. The number of carbonyl (C=O) groups is 2. The van der Waals surface area contributed by atoms with Gasteiger partial charge in [0.05, 0.1) is 4.91 Å². The zero-order chi connectivity index (χ0) is 19.8. The quantitative estimate of drug-likeness (QED) is 0.241. The minimum absolute atomic E-state index is 0.0241. The minimum atomic E-state index is -0.583. The Morgan fingerprint density at radius 3 is 2.55 bits per heavy atom. The average molecular weight is 398 g/mol. The zero-order valence-corrected chi connectivity index (χ0v) is 15.9. The van der Waals surface area contributed by atoms with Crippen molar-refractivity contribution in [2.75, 3.05) is 0 Å². The van der Waals surface area contributed by atoms with Gasteiger partial charge in [-0.1, -0.05) is 60.3 Å². The van der Waals surface area contributed by atoms with E-state index in [1.807, 2.05) is 54.6 Å². The Morgan fingerprint density at radius 1 is 0.931 bits per heavy atom. The van der Waals surface area contributed by atoms with Crippen LogP contribution in [0, 0.1) is 0 Å². The second-order valence-electron chi connectivity index (χ2n) is 6.51. The van der Waals surface area contributed by atoms with Crippen molar-refractivity contribution in [2.24, 2.45) is 0 Å². The van der Waals surface area contributed by atoms with Gasteiger partial charge in [0.25, 0.3) is 0 Å². The smallest absolute Gasteiger partial charge is 0.379 e. The van der Waals surface area contributed by atoms with Crippen LogP contribution < -0.4 is 4.74 Å². The number of carbonyl (C=O) groups excluding carboxylic acids is 2. The SMILES string of the molecule is O=C(Oc1ccccc1C=C1Sc2ccccc2C1=O)c1cc2ccccc2o1. The maximum absolute atomic E-state index is 12.6. The highest BCUT2D eigenvalue weighted by Gasteiger charge is 2.25. The molecule has 0 unspecified atom stereocenters. The predicted molar refractivity (Wildman–Crippen MR) is 112 cm³/mol. The van der Waals surface area contributed by atoms with Gasteiger partial charge in [0, 0.05) is 21.4 Å². The molecule has 0 N–H and O–H groups in total. The summed E-state index contributed by atoms with van der Waals surface area (Å²) >= 11 is 1.42. The molecule has 0 atom stereocenters. The second kappa shape index (κ2) is 7.11. The molecular formula is C24H14O4S. The van der Waals surface area contributed by atoms with Crippen molar-refractivity contribution in [1.29, 1.82) is 0 Å². The van der Waals surface area contributed by atoms with Crippen molar-refractivity contribution in [3.63, 3.8) is 0 Å². The number of esters is 1. The molecule has 1 aliphatic rings. The lowest BCUT2D eigenvalue weighted by Crippen LogP contribution is -2.08. The van der Waals surface area contributed by atoms with E-state index >= 15 is 0 Å². The summed E-state index contributed by atoms with van der Waals surface area (Å²) in [6, 6.07) is 23.7. The first-order valence-corrected chi connectivity index (χ1v) is 9.84. The van der Waals surface area contributed by atoms with Crippen LogP contribution in [0.5, 0.6) is 5.75 Å². The highest BCUT2D eigenvalue weighted by atomic mass is 32.2. The molecule has 29 heavy (non-hydrogen) atoms. The van der Waals surface area contributed by atoms with Crippen LogP contribution in [0.4, 0.5) is 0 Å². The van der Waals surface area contributed by atoms with Gasteiger partial charge in [-0.15, -0.1) is 0 Å². The number of furan rings is 1. The summed E-state index contributed by atoms with van der Waals surface area (Å²) in [5.41, 5.74) is 1.97. The molecular weight excluding hydrogens is 384 g/mol. The van der Waals surface area contributed by atoms with E-state index in [2.05, 4.69) is 0 Å². The van der Waals surface area contributed by atoms with Crippen LogP contribution in [0.2, 0.25) is 0 Å². The minimum Gasteiger partial charge on any atom is -0.449 e. The number of benzene rings is 3. The molecule has 3 aromatic carbocycles. The standard InChI is InChI=1S/C24H14O4S/c25-23-17-9-3-6-12-21(17)29-22(23)14-16-8-2-5-11-19(16)28-24(26)20-13-15-7-1-4-10-18(15)27-20/h1-14H. The number of ketones is 1. The van der Waals surface area contributed by atoms with Gasteiger partial charge in [0.1, 0.15) is 11.3 Å². The van der Waals surface area contributed by atoms with Crippen LogP contribution in [-0.2, 0) is 0 Å². The fourth-order valence-electron chi connectivity index (χ4n) is 3.20. The molecule has 1 aliphatic heterocycles. The van der Waals surface area contributed by atoms with Crippen molar-refractivity contribution in [3.05, 3.63) is 101 Å². The fraction of sp³-hybridized carbons (Fsp3) is 0. The molecule has 5 heteroatoms. The topological polar surface area (TPSA) is 56.5 Å². The fourth-order valence-corrected chi connectivity index (χ4v) is 4.25. The lowest BCUT2D eigenvalue weighted by Gasteiger charge is -2.06. The predicted octanol–water partition coefficient (Wildman–Crippen LogP) is 5.98. The van der Waals surface area contributed by atoms with E-state index in [4.69, 9.17) is 9.15 Å². The molecule has 0 radical (unpaired) electrons. The lowest BCUT2D eigenvalue weighted by atomic mass is 10.1. The first kappa shape index (κ1) is 17.5. The van der Waals surface area contributed by atoms with Crippen molar-refractivity contribution in [3.8, 4) is 5.75 Å². The summed E-state index contributed by atoms with van der Waals surface area (Å²) in [6.45, 7) is 0. The van der Waals surface area contributed by atoms with Crippen molar-refractivity contribution in [1.82, 2.24) is 0 Å². The van der Waals surface area contributed by atoms with E-state index in [0.717, 1.165) is 10.3 Å². The normalized spacial score (nSPS) is 14.3. The Hall–Kier alpha value is -3.57. The van der Waals surface area contributed by atoms with Gasteiger partial charge in [-0.25, -0.2) is 4.79 Å². The second-order valence-corrected chi connectivity index (χ2v) is 7.60. The molecule has 4 aromatic rings. The van der Waals surface area contributed by atoms with E-state index in [9.17, 15) is 9.59 Å². The summed E-state index contributed by atoms with van der Waals surface area (Å²) in [5, 5.41) is 0.834. The largest absolute Gasteiger partial charge is 0.449 e. The molecule has 0 bridgehead atoms. The van der Waals surface area contributed by atoms with Crippen LogP contribution in [0.15, 0.2) is 93.1 Å². The number of allylic oxidation sites excluding steroid dienone is 1. The first-order chi connectivity index (χ1) is 14.2. The van der Waals surface area contributed by atoms with Gasteiger partial charge in [-0.2, -0.15) is 0 Å². The number of hydrogen-bond acceptors (Lipinski definition) is 5. The molecule has 0 amide bonds. The number of para-hydroxylation sites is 2. The number of rotatable bonds is 3. The Labute approximate surface area is 170 Å². The number of thioether (sulfide) groups is 1. The summed E-state index contributed by atoms with van der Waals surface area (Å²) in [5.74, 6) is -0.105. The van der Waals surface area contributed by atoms with E-state index in [0.29, 0.717) is 27.4 Å². The van der Waals surface area contributed by atoms with Crippen LogP contribution in [-0.4, -0.2) is 11.8 Å². The van der Waals surface area contributed by atoms with Crippen LogP contribution in [0.1, 0.15) is 26.5 Å². The number of Topliss-reactive ketones (excluding diaryl/α,β-unsaturated/α-hetero) is 1. The zero-order valence-electron chi connectivity index (χ0n) is 15.1. The average Bonchev–Trinajstić information content (AvgIpc) is 3.31. The maximum atomic E-state index is 12.6. The summed E-state index contributed by atoms with van der Waals surface area (Å²) in [4.78, 5) is 26.8. The van der Waals surface area contributed by atoms with Crippen molar-refractivity contribution in [2.45, 2.75) is 4.90 Å². The summed E-state index contributed by atoms with van der Waals surface area (Å²) in [7, 11) is 0. The number of fused-ring (bicyclic) bond motifs is 2. The highest BCUT2D eigenvalue weighted by molar-refractivity contribution is 8.04. The monoisotopic (exact) mass is 398 g/mol. The van der Waals surface area contributed by atoms with Gasteiger partial charge in [0.15, 0.2) is 0 Å². The molecule has 0 aliphatic carbocycles. The third-order valence-corrected chi connectivity index (χ3v) is 5.71. The van der Waals surface area contributed by atoms with Gasteiger partial charge in [-0.05, 0) is 36.4 Å². The van der Waals surface area contributed by atoms with E-state index < -0.39 is 5.97 Å². The Kier molecular flexibility index (Phi) is 4.30. The Bertz CT molecular complexity index is 1270. The first-order valence-electron chi connectivity index (χ1n) is 9.02. The molecule has 4 nitrogen and oxygen atoms in total. The van der Waals surface area contributed by atoms with Crippen LogP contribution >= 0.6 is 11.8 Å². The molecule has 5 rings (SSSR count). The Balaban J connectivity index is 1.44. The molecule has 0 saturated heterocycles. The summed E-state index contributed by atoms with van der Waals surface area (Å²) < 4.78 is 11.2. The van der Waals surface area contributed by atoms with E-state index in [1.165, 1.54) is 11.8 Å². The number of ether oxygens (including phenoxy) is 1. The van der Waals surface area contributed by atoms with Gasteiger partial charge < -0.3 is 9.15 Å². The van der Waals surface area contributed by atoms with E-state index in [-0.39, 0.29) is 11.5 Å². The molecule has 1 aromatic heterocycles. The molecule has 0 saturated carbocycles. The lowest BCUT2D eigenvalue weighted by molar-refractivity contribution is 0.0703. The van der Waals surface area contributed by atoms with Crippen molar-refractivity contribution < 1.29 is 18.7 Å². The third-order valence-electron chi connectivity index (χ3n) is 4.61. The van der Waals surface area contributed by atoms with E-state index in [1.54, 1.807) is 30.3 Å². The summed E-state index contributed by atoms with van der Waals surface area (Å²) in [6.07, 6.45) is 1.76. The van der Waals surface area contributed by atoms with Crippen LogP contribution in [0.3, 0.4) is 0 Å². The third kappa shape index (κ3) is 3.26. The maximum Gasteiger partial charge on any atom is 0.379 e. The molecule has 0 spiro atoms. The number of hydrogen-bond donors (Lipinski definition) is 0. The molecule has 2 heterocycles. The van der Waals surface area contributed by atoms with Crippen LogP contribution in [0.25, 0.3) is 17.0 Å². The van der Waals surface area contributed by atoms with Gasteiger partial charge >= 0.3 is 5.97 Å². The Morgan fingerprint density at radius 2 is 1.69 bits per heavy atom.